The number of carbonyl (C=O) groups is 6. The molecule has 0 bridgehead atoms. The van der Waals surface area contributed by atoms with Crippen LogP contribution in [0.25, 0.3) is 0 Å². The Kier molecular flexibility index (Phi) is 198. The summed E-state index contributed by atoms with van der Waals surface area (Å²) in [6.07, 6.45) is 7.95. The van der Waals surface area contributed by atoms with Gasteiger partial charge in [-0.2, -0.15) is 20.2 Å². The number of sulfonamides is 2. The van der Waals surface area contributed by atoms with Gasteiger partial charge in [0.2, 0.25) is 31.9 Å². The van der Waals surface area contributed by atoms with Crippen molar-refractivity contribution < 1.29 is 72.4 Å². The van der Waals surface area contributed by atoms with Crippen molar-refractivity contribution in [2.24, 2.45) is 11.3 Å². The fourth-order valence-corrected chi connectivity index (χ4v) is 2.61. The highest BCUT2D eigenvalue weighted by atomic mass is 32.2. The summed E-state index contributed by atoms with van der Waals surface area (Å²) in [6.45, 7) is 56.8. The minimum absolute atomic E-state index is 0.00463. The molecule has 0 aliphatic carbocycles. The molecule has 0 fully saturated rings. The Hall–Kier alpha value is -5.68. The largest absolute Gasteiger partial charge is 0.469 e. The zero-order valence-electron chi connectivity index (χ0n) is 73.6. The Morgan fingerprint density at radius 1 is 0.465 bits per heavy atom. The Bertz CT molecular complexity index is 2100. The van der Waals surface area contributed by atoms with Crippen molar-refractivity contribution in [3.63, 3.8) is 0 Å². The van der Waals surface area contributed by atoms with Crippen LogP contribution in [0.2, 0.25) is 0 Å². The van der Waals surface area contributed by atoms with E-state index in [9.17, 15) is 54.0 Å². The van der Waals surface area contributed by atoms with Gasteiger partial charge in [-0.1, -0.05) is 260 Å². The molecule has 0 unspecified atom stereocenters. The molecule has 0 aliphatic heterocycles. The minimum atomic E-state index is -3.32. The first kappa shape index (κ1) is 149. The number of nitrogens with zero attached hydrogens (tertiary/aromatic N) is 1. The van der Waals surface area contributed by atoms with Crippen LogP contribution in [-0.4, -0.2) is 189 Å². The number of hydrogen-bond acceptors (Lipinski definition) is 18. The van der Waals surface area contributed by atoms with Crippen LogP contribution >= 0.6 is 11.8 Å². The number of carbonyl (C=O) groups excluding carboxylic acids is 6. The monoisotopic (exact) mass is 1540 g/mol. The Balaban J connectivity index is -0.0000000382. The number of methoxy groups -OCH3 is 3. The topological polar surface area (TPSA) is 317 Å². The highest BCUT2D eigenvalue weighted by Gasteiger charge is 2.00. The van der Waals surface area contributed by atoms with Gasteiger partial charge in [-0.25, -0.2) is 31.1 Å². The van der Waals surface area contributed by atoms with Crippen LogP contribution < -0.4 is 30.7 Å². The standard InChI is InChI=1S/3C7H8.C5H12.C4H10.C3H8N2O.C3H7NO3S.C3H7NO2.C3H7NO.C3H9N.C3H6O2.C3H6O.C3H8.C2H7NO2S.C2H6O3S.C2H6O.C2H6S.6C2H6/c3*1-7-5-3-2-4-6-7;1-5(2,3)4;1-4(2)3;1-4-3(6)5-2;1-3(5)4-8(2,6)7;1-4-3(5)6-2;1-3(5)4-2;1-4(2)3;1-3(4)5-2;1-3(2)4;1-3-2;1-3-6(2,4)5;1-5-6(2,3)4;2*1-3-2;6*1-2/h3*2-6H,1H3;1-4H3;4H,1-3H3;1-2H3,(H2,4,5,6);1-2H3,(H,4,5);1-2H3,(H,4,5);1-2H3,(H,4,5);1-3H3;1-2H3;1-2H3;3H2,1-2H3;3H,1-2H3;1-2H3;2*1-2H3;6*1-2H3. The summed E-state index contributed by atoms with van der Waals surface area (Å²) in [5.41, 5.74) is 4.47. The van der Waals surface area contributed by atoms with Gasteiger partial charge in [-0.15, -0.1) is 0 Å². The van der Waals surface area contributed by atoms with E-state index < -0.39 is 42.2 Å². The molecule has 101 heavy (non-hydrogen) atoms. The molecule has 0 heterocycles. The van der Waals surface area contributed by atoms with Crippen molar-refractivity contribution in [1.29, 1.82) is 0 Å². The molecule has 23 nitrogen and oxygen atoms in total. The maximum Gasteiger partial charge on any atom is 0.406 e. The minimum Gasteiger partial charge on any atom is -0.469 e. The van der Waals surface area contributed by atoms with Crippen molar-refractivity contribution in [2.45, 2.75) is 207 Å². The van der Waals surface area contributed by atoms with Gasteiger partial charge in [0.05, 0.1) is 40.1 Å². The van der Waals surface area contributed by atoms with E-state index in [4.69, 9.17) is 0 Å². The summed E-state index contributed by atoms with van der Waals surface area (Å²) in [6, 6.07) is 30.6. The molecular weight excluding hydrogens is 1370 g/mol. The number of rotatable bonds is 3. The maximum atomic E-state index is 10.1. The third-order valence-electron chi connectivity index (χ3n) is 5.31. The maximum absolute atomic E-state index is 10.1. The van der Waals surface area contributed by atoms with Gasteiger partial charge >= 0.3 is 18.1 Å². The van der Waals surface area contributed by atoms with Gasteiger partial charge in [0, 0.05) is 63.2 Å². The number of benzene rings is 3. The van der Waals surface area contributed by atoms with Crippen LogP contribution in [0, 0.1) is 32.1 Å². The molecule has 6 N–H and O–H groups in total. The normalized spacial score (nSPS) is 8.01. The summed E-state index contributed by atoms with van der Waals surface area (Å²) in [5, 5.41) is 9.37. The van der Waals surface area contributed by atoms with Crippen molar-refractivity contribution >= 4 is 77.6 Å². The average Bonchev–Trinajstić information content (AvgIpc) is 2.46. The Labute approximate surface area is 631 Å². The van der Waals surface area contributed by atoms with Crippen LogP contribution in [0.4, 0.5) is 9.59 Å². The third kappa shape index (κ3) is 471. The number of aryl methyl sites for hydroxylation is 3. The molecule has 0 radical (unpaired) electrons. The summed E-state index contributed by atoms with van der Waals surface area (Å²) in [5.74, 6) is 0.197. The zero-order valence-corrected chi connectivity index (χ0v) is 76.8. The first-order chi connectivity index (χ1) is 46.3. The number of thioether (sulfide) groups is 1. The molecule has 0 saturated carbocycles. The van der Waals surface area contributed by atoms with Crippen LogP contribution in [0.15, 0.2) is 91.0 Å². The van der Waals surface area contributed by atoms with E-state index >= 15 is 0 Å². The Morgan fingerprint density at radius 3 is 0.644 bits per heavy atom. The van der Waals surface area contributed by atoms with E-state index in [-0.39, 0.29) is 23.7 Å². The smallest absolute Gasteiger partial charge is 0.406 e. The average molecular weight is 1540 g/mol. The Morgan fingerprint density at radius 2 is 0.624 bits per heavy atom. The van der Waals surface area contributed by atoms with E-state index in [0.29, 0.717) is 5.41 Å². The van der Waals surface area contributed by atoms with Gasteiger partial charge < -0.3 is 45.2 Å². The number of alkyl carbamates (subject to hydrolysis) is 1. The molecule has 0 aromatic heterocycles. The SMILES string of the molecule is CC.CC.CC.CC.CC.CC.CC(=O)NS(C)(=O)=O.CC(C)(C)C.CC(C)=O.CC(C)C.CCC.CN(C)C.CNC(=O)NC.CNC(=O)OC.CNC(C)=O.CNS(C)(=O)=O.COC.COC(C)=O.COS(C)(=O)=O.CSC.Cc1ccccc1.Cc1ccccc1.Cc1ccccc1. The first-order valence-electron chi connectivity index (χ1n) is 33.3. The molecule has 3 rings (SSSR count). The number of Topliss-reactive ketones (excluding diaryl/α,β-unsaturated/α-hetero) is 1. The molecule has 0 atom stereocenters. The van der Waals surface area contributed by atoms with Crippen molar-refractivity contribution in [3.8, 4) is 0 Å². The highest BCUT2D eigenvalue weighted by molar-refractivity contribution is 7.97. The number of esters is 1. The van der Waals surface area contributed by atoms with Crippen LogP contribution in [0.5, 0.6) is 0 Å². The molecule has 616 valence electrons. The van der Waals surface area contributed by atoms with Gasteiger partial charge in [0.25, 0.3) is 10.1 Å². The number of nitrogens with one attached hydrogen (secondary N) is 6. The second-order valence-corrected chi connectivity index (χ2v) is 26.1. The molecular formula is C74H165N7O16S4. The molecule has 3 aromatic carbocycles. The molecule has 27 heteroatoms. The molecule has 5 amide bonds. The van der Waals surface area contributed by atoms with Crippen LogP contribution in [0.3, 0.4) is 0 Å². The lowest BCUT2D eigenvalue weighted by Crippen LogP contribution is -2.28. The van der Waals surface area contributed by atoms with Crippen molar-refractivity contribution in [1.82, 2.24) is 35.6 Å². The van der Waals surface area contributed by atoms with E-state index in [1.165, 1.54) is 79.1 Å². The lowest BCUT2D eigenvalue weighted by atomic mass is 10.0. The van der Waals surface area contributed by atoms with Crippen LogP contribution in [-0.2, 0) is 67.7 Å². The third-order valence-corrected chi connectivity index (χ3v) is 7.31. The molecule has 3 aromatic rings. The quantitative estimate of drug-likeness (QED) is 0.105. The van der Waals surface area contributed by atoms with Crippen molar-refractivity contribution in [3.05, 3.63) is 108 Å². The van der Waals surface area contributed by atoms with Crippen molar-refractivity contribution in [2.75, 3.05) is 123 Å². The molecule has 0 aliphatic rings. The predicted molar refractivity (Wildman–Crippen MR) is 448 cm³/mol. The summed E-state index contributed by atoms with van der Waals surface area (Å²) in [7, 11) is 11.3. The van der Waals surface area contributed by atoms with Gasteiger partial charge in [0.15, 0.2) is 0 Å². The van der Waals surface area contributed by atoms with Crippen LogP contribution in [0.1, 0.15) is 203 Å². The second kappa shape index (κ2) is 134. The predicted octanol–water partition coefficient (Wildman–Crippen LogP) is 16.6. The number of urea groups is 1. The van der Waals surface area contributed by atoms with E-state index in [1.807, 2.05) is 176 Å². The number of ketones is 1. The van der Waals surface area contributed by atoms with E-state index in [2.05, 4.69) is 164 Å². The lowest BCUT2D eigenvalue weighted by molar-refractivity contribution is -0.138. The summed E-state index contributed by atoms with van der Waals surface area (Å²) >= 11 is 1.75. The molecule has 0 spiro atoms. The van der Waals surface area contributed by atoms with Gasteiger partial charge in [-0.3, -0.25) is 23.3 Å². The summed E-state index contributed by atoms with van der Waals surface area (Å²) in [4.78, 5) is 60.5. The number of hydrogen-bond donors (Lipinski definition) is 6. The fraction of sp³-hybridized carbons (Fsp3) is 0.676. The number of ether oxygens (including phenoxy) is 3. The van der Waals surface area contributed by atoms with Gasteiger partial charge in [-0.05, 0) is 86.7 Å². The lowest BCUT2D eigenvalue weighted by Gasteiger charge is -2.05. The first-order valence-corrected chi connectivity index (χ1v) is 40.5. The van der Waals surface area contributed by atoms with E-state index in [0.717, 1.165) is 38.7 Å². The highest BCUT2D eigenvalue weighted by Crippen LogP contribution is 2.08. The van der Waals surface area contributed by atoms with Gasteiger partial charge in [0.1, 0.15) is 5.78 Å². The fourth-order valence-electron chi connectivity index (χ4n) is 2.09. The summed E-state index contributed by atoms with van der Waals surface area (Å²) < 4.78 is 79.8. The second-order valence-electron chi connectivity index (χ2n) is 19.8. The molecule has 0 saturated heterocycles. The van der Waals surface area contributed by atoms with E-state index in [1.54, 1.807) is 51.8 Å². The number of amides is 5. The zero-order chi connectivity index (χ0) is 86.4.